The molecule has 0 aromatic carbocycles. The second kappa shape index (κ2) is 9.61. The van der Waals surface area contributed by atoms with Crippen LogP contribution in [-0.4, -0.2) is 48.7 Å². The molecule has 0 spiro atoms. The molecule has 1 saturated carbocycles. The van der Waals surface area contributed by atoms with E-state index < -0.39 is 17.7 Å². The Labute approximate surface area is 225 Å². The zero-order valence-corrected chi connectivity index (χ0v) is 21.8. The van der Waals surface area contributed by atoms with E-state index in [1.54, 1.807) is 7.11 Å². The molecular weight excluding hydrogens is 532 g/mol. The summed E-state index contributed by atoms with van der Waals surface area (Å²) >= 11 is 0. The normalized spacial score (nSPS) is 15.8. The predicted octanol–water partition coefficient (Wildman–Crippen LogP) is 4.23. The molecule has 0 bridgehead atoms. The molecule has 5 heterocycles. The van der Waals surface area contributed by atoms with Gasteiger partial charge in [-0.15, -0.1) is 0 Å². The Bertz CT molecular complexity index is 1680. The summed E-state index contributed by atoms with van der Waals surface area (Å²) in [6.45, 7) is 0.299. The number of imidazole rings is 1. The van der Waals surface area contributed by atoms with Gasteiger partial charge in [-0.25, -0.2) is 24.3 Å². The van der Waals surface area contributed by atoms with E-state index in [-0.39, 0.29) is 24.0 Å². The van der Waals surface area contributed by atoms with E-state index in [1.807, 2.05) is 23.9 Å². The van der Waals surface area contributed by atoms with E-state index in [0.29, 0.717) is 46.5 Å². The lowest BCUT2D eigenvalue weighted by Gasteiger charge is -2.21. The SMILES string of the molecule is COC1=NCNC(C2CC2)=C1c1nc(OCc2cnc(-c3nc(C(F)(F)F)cn3C)c(F)c2)c2c(ccn2C)n1. The van der Waals surface area contributed by atoms with Gasteiger partial charge >= 0.3 is 6.18 Å². The molecule has 40 heavy (non-hydrogen) atoms. The minimum absolute atomic E-state index is 0.104. The lowest BCUT2D eigenvalue weighted by molar-refractivity contribution is -0.140. The molecule has 2 aliphatic rings. The maximum atomic E-state index is 15.0. The van der Waals surface area contributed by atoms with Crippen molar-refractivity contribution in [1.29, 1.82) is 0 Å². The minimum atomic E-state index is -4.65. The van der Waals surface area contributed by atoms with Gasteiger partial charge in [-0.1, -0.05) is 0 Å². The Balaban J connectivity index is 1.32. The summed E-state index contributed by atoms with van der Waals surface area (Å²) in [5.74, 6) is 0.377. The molecular formula is C26H24F4N8O2. The Morgan fingerprint density at radius 3 is 2.60 bits per heavy atom. The first-order valence-corrected chi connectivity index (χ1v) is 12.4. The molecule has 208 valence electrons. The maximum absolute atomic E-state index is 15.0. The van der Waals surface area contributed by atoms with Crippen LogP contribution in [0.25, 0.3) is 28.1 Å². The molecule has 1 fully saturated rings. The number of ether oxygens (including phenoxy) is 2. The molecule has 1 N–H and O–H groups in total. The van der Waals surface area contributed by atoms with Gasteiger partial charge < -0.3 is 23.9 Å². The van der Waals surface area contributed by atoms with Crippen LogP contribution in [0.3, 0.4) is 0 Å². The Morgan fingerprint density at radius 2 is 1.93 bits per heavy atom. The van der Waals surface area contributed by atoms with Crippen LogP contribution >= 0.6 is 0 Å². The van der Waals surface area contributed by atoms with Crippen LogP contribution in [0.5, 0.6) is 5.88 Å². The predicted molar refractivity (Wildman–Crippen MR) is 136 cm³/mol. The topological polar surface area (TPSA) is 104 Å². The highest BCUT2D eigenvalue weighted by molar-refractivity contribution is 6.20. The fraction of sp³-hybridized carbons (Fsp3) is 0.346. The summed E-state index contributed by atoms with van der Waals surface area (Å²) in [7, 11) is 4.72. The quantitative estimate of drug-likeness (QED) is 0.355. The van der Waals surface area contributed by atoms with E-state index >= 15 is 4.39 Å². The number of halogens is 4. The van der Waals surface area contributed by atoms with Gasteiger partial charge in [0.2, 0.25) is 11.8 Å². The van der Waals surface area contributed by atoms with Gasteiger partial charge in [-0.2, -0.15) is 18.2 Å². The second-order valence-electron chi connectivity index (χ2n) is 9.60. The average molecular weight is 557 g/mol. The number of hydrogen-bond acceptors (Lipinski definition) is 8. The van der Waals surface area contributed by atoms with Gasteiger partial charge in [0.25, 0.3) is 0 Å². The van der Waals surface area contributed by atoms with Crippen molar-refractivity contribution in [2.45, 2.75) is 25.6 Å². The third-order valence-electron chi connectivity index (χ3n) is 6.72. The van der Waals surface area contributed by atoms with E-state index in [1.165, 1.54) is 13.2 Å². The number of allylic oxidation sites excluding steroid dienone is 1. The number of rotatable bonds is 6. The number of hydrogen-bond donors (Lipinski definition) is 1. The number of aliphatic imine (C=N–C) groups is 1. The monoisotopic (exact) mass is 556 g/mol. The number of fused-ring (bicyclic) bond motifs is 1. The first-order valence-electron chi connectivity index (χ1n) is 12.4. The highest BCUT2D eigenvalue weighted by Gasteiger charge is 2.36. The van der Waals surface area contributed by atoms with Gasteiger partial charge in [0.15, 0.2) is 23.2 Å². The van der Waals surface area contributed by atoms with Crippen LogP contribution in [0.1, 0.15) is 29.9 Å². The third kappa shape index (κ3) is 4.62. The summed E-state index contributed by atoms with van der Waals surface area (Å²) in [5, 5.41) is 3.33. The van der Waals surface area contributed by atoms with Crippen LogP contribution in [0.2, 0.25) is 0 Å². The maximum Gasteiger partial charge on any atom is 0.434 e. The summed E-state index contributed by atoms with van der Waals surface area (Å²) in [6, 6.07) is 2.99. The smallest absolute Gasteiger partial charge is 0.434 e. The number of nitrogens with one attached hydrogen (secondary N) is 1. The van der Waals surface area contributed by atoms with Crippen molar-refractivity contribution in [2.75, 3.05) is 13.8 Å². The standard InChI is InChI=1S/C26H24F4N8O2/c1-37-7-6-16-21(37)25(36-22(34-16)18-19(14-4-5-14)32-12-33-24(18)39-3)40-11-13-8-15(27)20(31-9-13)23-35-17(10-38(23)2)26(28,29)30/h6-10,14,32H,4-5,11-12H2,1-3H3. The van der Waals surface area contributed by atoms with Gasteiger partial charge in [0, 0.05) is 43.9 Å². The van der Waals surface area contributed by atoms with E-state index in [4.69, 9.17) is 19.4 Å². The molecule has 0 radical (unpaired) electrons. The molecule has 0 amide bonds. The van der Waals surface area contributed by atoms with Crippen molar-refractivity contribution in [3.05, 3.63) is 59.3 Å². The number of nitrogens with zero attached hydrogens (tertiary/aromatic N) is 7. The zero-order valence-electron chi connectivity index (χ0n) is 21.8. The molecule has 6 rings (SSSR count). The third-order valence-corrected chi connectivity index (χ3v) is 6.72. The molecule has 1 aliphatic carbocycles. The van der Waals surface area contributed by atoms with Crippen LogP contribution in [0.4, 0.5) is 17.6 Å². The van der Waals surface area contributed by atoms with Crippen molar-refractivity contribution in [2.24, 2.45) is 25.0 Å². The molecule has 14 heteroatoms. The molecule has 10 nitrogen and oxygen atoms in total. The molecule has 1 aliphatic heterocycles. The van der Waals surface area contributed by atoms with E-state index in [0.717, 1.165) is 35.4 Å². The van der Waals surface area contributed by atoms with Crippen molar-refractivity contribution >= 4 is 22.5 Å². The number of alkyl halides is 3. The first kappa shape index (κ1) is 25.8. The molecule has 0 atom stereocenters. The molecule has 4 aromatic heterocycles. The largest absolute Gasteiger partial charge is 0.481 e. The first-order chi connectivity index (χ1) is 19.1. The highest BCUT2D eigenvalue weighted by atomic mass is 19.4. The fourth-order valence-electron chi connectivity index (χ4n) is 4.65. The Morgan fingerprint density at radius 1 is 1.12 bits per heavy atom. The van der Waals surface area contributed by atoms with Gasteiger partial charge in [0.05, 0.1) is 12.6 Å². The van der Waals surface area contributed by atoms with Crippen molar-refractivity contribution in [3.63, 3.8) is 0 Å². The summed E-state index contributed by atoms with van der Waals surface area (Å²) in [4.78, 5) is 21.4. The van der Waals surface area contributed by atoms with Crippen LogP contribution < -0.4 is 10.1 Å². The number of methoxy groups -OCH3 is 1. The van der Waals surface area contributed by atoms with Crippen LogP contribution in [-0.2, 0) is 31.6 Å². The fourth-order valence-corrected chi connectivity index (χ4v) is 4.65. The Hall–Kier alpha value is -4.49. The van der Waals surface area contributed by atoms with Gasteiger partial charge in [-0.3, -0.25) is 0 Å². The lowest BCUT2D eigenvalue weighted by Crippen LogP contribution is -2.27. The van der Waals surface area contributed by atoms with Crippen molar-refractivity contribution in [3.8, 4) is 17.4 Å². The van der Waals surface area contributed by atoms with Crippen molar-refractivity contribution in [1.82, 2.24) is 34.4 Å². The van der Waals surface area contributed by atoms with Crippen LogP contribution in [0.15, 0.2) is 41.4 Å². The number of aryl methyl sites for hydroxylation is 2. The Kier molecular flexibility index (Phi) is 6.19. The van der Waals surface area contributed by atoms with E-state index in [2.05, 4.69) is 20.3 Å². The summed E-state index contributed by atoms with van der Waals surface area (Å²) in [6.07, 6.45) is 1.39. The minimum Gasteiger partial charge on any atom is -0.481 e. The van der Waals surface area contributed by atoms with Gasteiger partial charge in [0.1, 0.15) is 30.1 Å². The van der Waals surface area contributed by atoms with E-state index in [9.17, 15) is 13.2 Å². The molecule has 4 aromatic rings. The molecule has 0 saturated heterocycles. The average Bonchev–Trinajstić information content (AvgIpc) is 3.60. The second-order valence-corrected chi connectivity index (χ2v) is 9.60. The zero-order chi connectivity index (χ0) is 28.2. The van der Waals surface area contributed by atoms with Crippen LogP contribution in [0, 0.1) is 11.7 Å². The summed E-state index contributed by atoms with van der Waals surface area (Å²) < 4.78 is 68.7. The van der Waals surface area contributed by atoms with Crippen molar-refractivity contribution < 1.29 is 27.0 Å². The number of aromatic nitrogens is 6. The summed E-state index contributed by atoms with van der Waals surface area (Å²) in [5.41, 5.74) is 1.86. The number of pyridine rings is 1. The highest BCUT2D eigenvalue weighted by Crippen LogP contribution is 2.40. The van der Waals surface area contributed by atoms with Gasteiger partial charge in [-0.05, 0) is 30.9 Å². The lowest BCUT2D eigenvalue weighted by atomic mass is 10.1. The molecule has 0 unspecified atom stereocenters.